The molecule has 0 fully saturated rings. The lowest BCUT2D eigenvalue weighted by Gasteiger charge is -2.20. The van der Waals surface area contributed by atoms with Crippen LogP contribution in [0.5, 0.6) is 0 Å². The van der Waals surface area contributed by atoms with Gasteiger partial charge in [-0.1, -0.05) is 46.4 Å². The van der Waals surface area contributed by atoms with Crippen molar-refractivity contribution in [1.29, 1.82) is 0 Å². The number of hydrogen-bond acceptors (Lipinski definition) is 3. The molecule has 0 aliphatic carbocycles. The van der Waals surface area contributed by atoms with Crippen LogP contribution in [0.3, 0.4) is 0 Å². The second-order valence-corrected chi connectivity index (χ2v) is 7.34. The molecule has 0 unspecified atom stereocenters. The first-order valence-corrected chi connectivity index (χ1v) is 8.27. The zero-order chi connectivity index (χ0) is 14.5. The number of benzene rings is 1. The third kappa shape index (κ3) is 5.40. The highest BCUT2D eigenvalue weighted by Gasteiger charge is 2.22. The van der Waals surface area contributed by atoms with E-state index >= 15 is 0 Å². The molecule has 1 aromatic carbocycles. The summed E-state index contributed by atoms with van der Waals surface area (Å²) in [6.07, 6.45) is 1.51. The summed E-state index contributed by atoms with van der Waals surface area (Å²) in [7, 11) is -3.48. The number of halogens is 1. The van der Waals surface area contributed by atoms with Gasteiger partial charge in [-0.15, -0.1) is 6.58 Å². The predicted octanol–water partition coefficient (Wildman–Crippen LogP) is 2.05. The summed E-state index contributed by atoms with van der Waals surface area (Å²) < 4.78 is 26.6. The van der Waals surface area contributed by atoms with Gasteiger partial charge in [0.05, 0.1) is 17.3 Å². The molecule has 19 heavy (non-hydrogen) atoms. The van der Waals surface area contributed by atoms with Gasteiger partial charge in [0, 0.05) is 11.0 Å². The number of thiocarbonyl (C=S) groups is 1. The van der Waals surface area contributed by atoms with E-state index in [-0.39, 0.29) is 23.8 Å². The third-order valence-corrected chi connectivity index (χ3v) is 4.68. The van der Waals surface area contributed by atoms with Crippen molar-refractivity contribution >= 4 is 43.2 Å². The molecule has 4 nitrogen and oxygen atoms in total. The van der Waals surface area contributed by atoms with Gasteiger partial charge < -0.3 is 5.73 Å². The summed E-state index contributed by atoms with van der Waals surface area (Å²) in [4.78, 5) is 0.139. The SMILES string of the molecule is C=CCN(CC(N)=S)S(=O)(=O)Cc1cccc(Br)c1. The fourth-order valence-corrected chi connectivity index (χ4v) is 3.66. The quantitative estimate of drug-likeness (QED) is 0.595. The molecule has 2 N–H and O–H groups in total. The normalized spacial score (nSPS) is 11.5. The molecule has 1 aromatic rings. The van der Waals surface area contributed by atoms with Crippen LogP contribution in [-0.2, 0) is 15.8 Å². The Morgan fingerprint density at radius 2 is 2.21 bits per heavy atom. The number of hydrogen-bond donors (Lipinski definition) is 1. The van der Waals surface area contributed by atoms with Crippen LogP contribution in [0.25, 0.3) is 0 Å². The van der Waals surface area contributed by atoms with Crippen molar-refractivity contribution < 1.29 is 8.42 Å². The smallest absolute Gasteiger partial charge is 0.218 e. The highest BCUT2D eigenvalue weighted by atomic mass is 79.9. The van der Waals surface area contributed by atoms with Gasteiger partial charge >= 0.3 is 0 Å². The Kier molecular flexibility index (Phi) is 6.12. The molecule has 0 spiro atoms. The minimum atomic E-state index is -3.48. The Morgan fingerprint density at radius 3 is 2.74 bits per heavy atom. The molecule has 7 heteroatoms. The van der Waals surface area contributed by atoms with Gasteiger partial charge in [0.15, 0.2) is 0 Å². The van der Waals surface area contributed by atoms with Gasteiger partial charge in [-0.2, -0.15) is 4.31 Å². The molecular weight excluding hydrogens is 348 g/mol. The Morgan fingerprint density at radius 1 is 1.53 bits per heavy atom. The predicted molar refractivity (Wildman–Crippen MR) is 85.3 cm³/mol. The zero-order valence-corrected chi connectivity index (χ0v) is 13.5. The van der Waals surface area contributed by atoms with Crippen LogP contribution in [0, 0.1) is 0 Å². The van der Waals surface area contributed by atoms with E-state index in [1.165, 1.54) is 10.4 Å². The van der Waals surface area contributed by atoms with Crippen molar-refractivity contribution in [3.05, 3.63) is 47.0 Å². The van der Waals surface area contributed by atoms with E-state index in [4.69, 9.17) is 18.0 Å². The second kappa shape index (κ2) is 7.14. The number of nitrogens with zero attached hydrogens (tertiary/aromatic N) is 1. The topological polar surface area (TPSA) is 63.4 Å². The first kappa shape index (κ1) is 16.3. The average molecular weight is 363 g/mol. The lowest BCUT2D eigenvalue weighted by molar-refractivity contribution is 0.481. The number of rotatable bonds is 7. The van der Waals surface area contributed by atoms with Crippen LogP contribution in [0.2, 0.25) is 0 Å². The molecule has 0 atom stereocenters. The van der Waals surface area contributed by atoms with Crippen LogP contribution in [0.1, 0.15) is 5.56 Å². The van der Waals surface area contributed by atoms with Crippen LogP contribution in [0.15, 0.2) is 41.4 Å². The van der Waals surface area contributed by atoms with Gasteiger partial charge in [0.2, 0.25) is 10.0 Å². The average Bonchev–Trinajstić information content (AvgIpc) is 2.27. The molecular formula is C12H15BrN2O2S2. The van der Waals surface area contributed by atoms with E-state index in [1.54, 1.807) is 18.2 Å². The molecule has 0 aromatic heterocycles. The van der Waals surface area contributed by atoms with Crippen molar-refractivity contribution in [2.24, 2.45) is 5.73 Å². The molecule has 0 saturated carbocycles. The minimum Gasteiger partial charge on any atom is -0.392 e. The van der Waals surface area contributed by atoms with Crippen molar-refractivity contribution in [2.45, 2.75) is 5.75 Å². The molecule has 0 amide bonds. The van der Waals surface area contributed by atoms with Gasteiger partial charge in [-0.3, -0.25) is 0 Å². The molecule has 1 rings (SSSR count). The molecule has 0 bridgehead atoms. The Hall–Kier alpha value is -0.760. The summed E-state index contributed by atoms with van der Waals surface area (Å²) >= 11 is 8.08. The first-order chi connectivity index (χ1) is 8.85. The molecule has 0 aliphatic rings. The van der Waals surface area contributed by atoms with Crippen molar-refractivity contribution in [3.63, 3.8) is 0 Å². The van der Waals surface area contributed by atoms with Crippen LogP contribution >= 0.6 is 28.1 Å². The Labute approximate surface area is 127 Å². The molecule has 104 valence electrons. The number of nitrogens with two attached hydrogens (primary N) is 1. The van der Waals surface area contributed by atoms with E-state index in [0.29, 0.717) is 5.56 Å². The zero-order valence-electron chi connectivity index (χ0n) is 10.3. The fourth-order valence-electron chi connectivity index (χ4n) is 1.52. The summed E-state index contributed by atoms with van der Waals surface area (Å²) in [5.41, 5.74) is 6.12. The molecule has 0 heterocycles. The Bertz CT molecular complexity index is 573. The van der Waals surface area contributed by atoms with Crippen molar-refractivity contribution in [2.75, 3.05) is 13.1 Å². The first-order valence-electron chi connectivity index (χ1n) is 5.46. The van der Waals surface area contributed by atoms with Crippen LogP contribution in [0.4, 0.5) is 0 Å². The van der Waals surface area contributed by atoms with E-state index in [1.807, 2.05) is 6.07 Å². The van der Waals surface area contributed by atoms with Gasteiger partial charge in [-0.25, -0.2) is 8.42 Å². The fraction of sp³-hybridized carbons (Fsp3) is 0.250. The summed E-state index contributed by atoms with van der Waals surface area (Å²) in [6.45, 7) is 3.76. The maximum atomic E-state index is 12.3. The minimum absolute atomic E-state index is 0.0255. The highest BCUT2D eigenvalue weighted by molar-refractivity contribution is 9.10. The van der Waals surface area contributed by atoms with Crippen LogP contribution < -0.4 is 5.73 Å². The lowest BCUT2D eigenvalue weighted by atomic mass is 10.2. The van der Waals surface area contributed by atoms with Crippen LogP contribution in [-0.4, -0.2) is 30.8 Å². The number of sulfonamides is 1. The maximum Gasteiger partial charge on any atom is 0.218 e. The van der Waals surface area contributed by atoms with Crippen molar-refractivity contribution in [1.82, 2.24) is 4.31 Å². The third-order valence-electron chi connectivity index (χ3n) is 2.30. The lowest BCUT2D eigenvalue weighted by Crippen LogP contribution is -2.38. The summed E-state index contributed by atoms with van der Waals surface area (Å²) in [6, 6.07) is 7.16. The van der Waals surface area contributed by atoms with Gasteiger partial charge in [0.25, 0.3) is 0 Å². The second-order valence-electron chi connectivity index (χ2n) is 3.93. The summed E-state index contributed by atoms with van der Waals surface area (Å²) in [5.74, 6) is -0.0944. The maximum absolute atomic E-state index is 12.3. The van der Waals surface area contributed by atoms with Gasteiger partial charge in [0.1, 0.15) is 0 Å². The highest BCUT2D eigenvalue weighted by Crippen LogP contribution is 2.16. The Balaban J connectivity index is 2.94. The van der Waals surface area contributed by atoms with E-state index < -0.39 is 10.0 Å². The largest absolute Gasteiger partial charge is 0.392 e. The molecule has 0 saturated heterocycles. The molecule has 0 radical (unpaired) electrons. The van der Waals surface area contributed by atoms with Crippen molar-refractivity contribution in [3.8, 4) is 0 Å². The molecule has 0 aliphatic heterocycles. The van der Waals surface area contributed by atoms with E-state index in [0.717, 1.165) is 4.47 Å². The monoisotopic (exact) mass is 362 g/mol. The van der Waals surface area contributed by atoms with Gasteiger partial charge in [-0.05, 0) is 17.7 Å². The van der Waals surface area contributed by atoms with E-state index in [2.05, 4.69) is 22.5 Å². The summed E-state index contributed by atoms with van der Waals surface area (Å²) in [5, 5.41) is 0. The standard InChI is InChI=1S/C12H15BrN2O2S2/c1-2-6-15(8-12(14)18)19(16,17)9-10-4-3-5-11(13)7-10/h2-5,7H,1,6,8-9H2,(H2,14,18). The van der Waals surface area contributed by atoms with E-state index in [9.17, 15) is 8.42 Å².